The number of carboxylic acid groups (broad SMARTS) is 1. The number of nitrogens with zero attached hydrogens (tertiary/aromatic N) is 2. The third kappa shape index (κ3) is 3.98. The van der Waals surface area contributed by atoms with E-state index in [9.17, 15) is 9.90 Å². The quantitative estimate of drug-likeness (QED) is 0.760. The summed E-state index contributed by atoms with van der Waals surface area (Å²) in [7, 11) is 0. The first-order chi connectivity index (χ1) is 10.1. The molecular weight excluding hydrogens is 290 g/mol. The molecular formula is C14H17N3O3S. The Bertz CT molecular complexity index is 628. The third-order valence-electron chi connectivity index (χ3n) is 2.76. The molecule has 0 amide bonds. The molecule has 0 aliphatic carbocycles. The molecule has 0 atom stereocenters. The van der Waals surface area contributed by atoms with E-state index in [1.807, 2.05) is 19.1 Å². The molecule has 0 aliphatic heterocycles. The number of carbonyl (C=O) groups is 1. The van der Waals surface area contributed by atoms with Gasteiger partial charge in [-0.05, 0) is 24.8 Å². The Morgan fingerprint density at radius 3 is 2.90 bits per heavy atom. The van der Waals surface area contributed by atoms with Crippen LogP contribution in [-0.2, 0) is 6.42 Å². The van der Waals surface area contributed by atoms with Gasteiger partial charge in [0.15, 0.2) is 5.82 Å². The molecule has 0 saturated heterocycles. The lowest BCUT2D eigenvalue weighted by Crippen LogP contribution is -2.10. The van der Waals surface area contributed by atoms with Crippen molar-refractivity contribution in [3.05, 3.63) is 35.5 Å². The summed E-state index contributed by atoms with van der Waals surface area (Å²) in [4.78, 5) is 16.3. The van der Waals surface area contributed by atoms with Gasteiger partial charge in [0.25, 0.3) is 0 Å². The fourth-order valence-electron chi connectivity index (χ4n) is 1.92. The van der Waals surface area contributed by atoms with Crippen LogP contribution in [0, 0.1) is 6.92 Å². The topological polar surface area (TPSA) is 88.3 Å². The average Bonchev–Trinajstić information content (AvgIpc) is 2.85. The molecule has 0 radical (unpaired) electrons. The molecule has 1 aromatic carbocycles. The number of carboxylic acids is 1. The molecule has 2 N–H and O–H groups in total. The van der Waals surface area contributed by atoms with Crippen molar-refractivity contribution < 1.29 is 14.4 Å². The molecule has 0 fully saturated rings. The summed E-state index contributed by atoms with van der Waals surface area (Å²) in [6.07, 6.45) is 0.547. The van der Waals surface area contributed by atoms with Crippen molar-refractivity contribution >= 4 is 23.4 Å². The fourth-order valence-corrected chi connectivity index (χ4v) is 2.75. The third-order valence-corrected chi connectivity index (χ3v) is 3.70. The Morgan fingerprint density at radius 2 is 2.29 bits per heavy atom. The second-order valence-corrected chi connectivity index (χ2v) is 5.63. The van der Waals surface area contributed by atoms with Gasteiger partial charge in [-0.15, -0.1) is 11.8 Å². The largest absolute Gasteiger partial charge is 0.478 e. The van der Waals surface area contributed by atoms with Gasteiger partial charge >= 0.3 is 5.97 Å². The lowest BCUT2D eigenvalue weighted by molar-refractivity contribution is 0.0694. The number of nitrogens with one attached hydrogen (secondary N) is 1. The van der Waals surface area contributed by atoms with Crippen LogP contribution in [0.4, 0.5) is 5.69 Å². The Labute approximate surface area is 126 Å². The molecule has 2 rings (SSSR count). The van der Waals surface area contributed by atoms with Crippen molar-refractivity contribution in [1.29, 1.82) is 0 Å². The predicted molar refractivity (Wildman–Crippen MR) is 81.0 cm³/mol. The van der Waals surface area contributed by atoms with Crippen LogP contribution in [0.2, 0.25) is 0 Å². The molecule has 0 spiro atoms. The van der Waals surface area contributed by atoms with Crippen LogP contribution >= 0.6 is 11.8 Å². The van der Waals surface area contributed by atoms with Crippen molar-refractivity contribution in [2.45, 2.75) is 25.2 Å². The lowest BCUT2D eigenvalue weighted by atomic mass is 10.1. The van der Waals surface area contributed by atoms with E-state index in [0.29, 0.717) is 35.9 Å². The molecule has 112 valence electrons. The standard InChI is InChI=1S/C14H17N3O3S/c1-3-21-11-6-4-5-10(13(11)14(18)19)15-8-7-12-16-9(2)17-20-12/h4-6,15H,3,7-8H2,1-2H3,(H,18,19). The minimum Gasteiger partial charge on any atom is -0.478 e. The molecule has 1 heterocycles. The fraction of sp³-hybridized carbons (Fsp3) is 0.357. The highest BCUT2D eigenvalue weighted by Gasteiger charge is 2.15. The molecule has 2 aromatic rings. The molecule has 1 aromatic heterocycles. The summed E-state index contributed by atoms with van der Waals surface area (Å²) in [5.74, 6) is 1.03. The van der Waals surface area contributed by atoms with Crippen LogP contribution in [0.25, 0.3) is 0 Å². The van der Waals surface area contributed by atoms with Crippen LogP contribution in [0.1, 0.15) is 29.0 Å². The van der Waals surface area contributed by atoms with E-state index >= 15 is 0 Å². The monoisotopic (exact) mass is 307 g/mol. The van der Waals surface area contributed by atoms with Crippen molar-refractivity contribution in [3.8, 4) is 0 Å². The summed E-state index contributed by atoms with van der Waals surface area (Å²) >= 11 is 1.52. The number of aryl methyl sites for hydroxylation is 1. The van der Waals surface area contributed by atoms with Crippen LogP contribution < -0.4 is 5.32 Å². The summed E-state index contributed by atoms with van der Waals surface area (Å²) in [5.41, 5.74) is 0.920. The SMILES string of the molecule is CCSc1cccc(NCCc2nc(C)no2)c1C(=O)O. The number of anilines is 1. The zero-order valence-corrected chi connectivity index (χ0v) is 12.7. The normalized spacial score (nSPS) is 10.6. The highest BCUT2D eigenvalue weighted by atomic mass is 32.2. The summed E-state index contributed by atoms with van der Waals surface area (Å²) in [6.45, 7) is 4.28. The van der Waals surface area contributed by atoms with E-state index in [2.05, 4.69) is 15.5 Å². The second kappa shape index (κ2) is 7.12. The molecule has 0 unspecified atom stereocenters. The number of rotatable bonds is 7. The van der Waals surface area contributed by atoms with Gasteiger partial charge < -0.3 is 14.9 Å². The van der Waals surface area contributed by atoms with Crippen molar-refractivity contribution in [2.75, 3.05) is 17.6 Å². The van der Waals surface area contributed by atoms with Gasteiger partial charge in [0.2, 0.25) is 5.89 Å². The maximum atomic E-state index is 11.5. The van der Waals surface area contributed by atoms with Crippen molar-refractivity contribution in [2.24, 2.45) is 0 Å². The predicted octanol–water partition coefficient (Wildman–Crippen LogP) is 2.84. The van der Waals surface area contributed by atoms with Crippen molar-refractivity contribution in [3.63, 3.8) is 0 Å². The van der Waals surface area contributed by atoms with Gasteiger partial charge in [-0.2, -0.15) is 4.98 Å². The van der Waals surface area contributed by atoms with Crippen LogP contribution in [-0.4, -0.2) is 33.5 Å². The number of thioether (sulfide) groups is 1. The van der Waals surface area contributed by atoms with E-state index in [4.69, 9.17) is 4.52 Å². The van der Waals surface area contributed by atoms with E-state index in [1.165, 1.54) is 11.8 Å². The van der Waals surface area contributed by atoms with Crippen LogP contribution in [0.5, 0.6) is 0 Å². The van der Waals surface area contributed by atoms with Gasteiger partial charge in [-0.3, -0.25) is 0 Å². The number of hydrogen-bond acceptors (Lipinski definition) is 6. The zero-order chi connectivity index (χ0) is 15.2. The first kappa shape index (κ1) is 15.4. The highest BCUT2D eigenvalue weighted by molar-refractivity contribution is 7.99. The maximum Gasteiger partial charge on any atom is 0.338 e. The first-order valence-electron chi connectivity index (χ1n) is 6.64. The van der Waals surface area contributed by atoms with Gasteiger partial charge in [-0.1, -0.05) is 18.1 Å². The maximum absolute atomic E-state index is 11.5. The molecule has 0 aliphatic rings. The van der Waals surface area contributed by atoms with E-state index in [1.54, 1.807) is 13.0 Å². The Balaban J connectivity index is 2.08. The first-order valence-corrected chi connectivity index (χ1v) is 7.62. The molecule has 7 heteroatoms. The minimum absolute atomic E-state index is 0.311. The minimum atomic E-state index is -0.928. The van der Waals surface area contributed by atoms with Crippen LogP contribution in [0.15, 0.2) is 27.6 Å². The van der Waals surface area contributed by atoms with Gasteiger partial charge in [0.05, 0.1) is 5.56 Å². The Morgan fingerprint density at radius 1 is 1.48 bits per heavy atom. The van der Waals surface area contributed by atoms with E-state index in [-0.39, 0.29) is 0 Å². The number of aromatic nitrogens is 2. The number of benzene rings is 1. The summed E-state index contributed by atoms with van der Waals surface area (Å²) in [5, 5.41) is 16.2. The van der Waals surface area contributed by atoms with E-state index in [0.717, 1.165) is 10.6 Å². The summed E-state index contributed by atoms with van der Waals surface area (Å²) < 4.78 is 5.02. The smallest absolute Gasteiger partial charge is 0.338 e. The summed E-state index contributed by atoms with van der Waals surface area (Å²) in [6, 6.07) is 5.44. The van der Waals surface area contributed by atoms with E-state index < -0.39 is 5.97 Å². The van der Waals surface area contributed by atoms with Gasteiger partial charge in [0.1, 0.15) is 0 Å². The molecule has 6 nitrogen and oxygen atoms in total. The lowest BCUT2D eigenvalue weighted by Gasteiger charge is -2.12. The van der Waals surface area contributed by atoms with Crippen LogP contribution in [0.3, 0.4) is 0 Å². The Kier molecular flexibility index (Phi) is 5.21. The Hall–Kier alpha value is -2.02. The second-order valence-electron chi connectivity index (χ2n) is 4.33. The highest BCUT2D eigenvalue weighted by Crippen LogP contribution is 2.28. The average molecular weight is 307 g/mol. The number of aromatic carboxylic acids is 1. The van der Waals surface area contributed by atoms with Crippen molar-refractivity contribution in [1.82, 2.24) is 10.1 Å². The zero-order valence-electron chi connectivity index (χ0n) is 11.9. The molecule has 21 heavy (non-hydrogen) atoms. The van der Waals surface area contributed by atoms with Gasteiger partial charge in [0, 0.05) is 23.5 Å². The molecule has 0 bridgehead atoms. The molecule has 0 saturated carbocycles. The number of hydrogen-bond donors (Lipinski definition) is 2. The van der Waals surface area contributed by atoms with Gasteiger partial charge in [-0.25, -0.2) is 4.79 Å².